The Labute approximate surface area is 202 Å². The van der Waals surface area contributed by atoms with Crippen LogP contribution in [-0.4, -0.2) is 79.1 Å². The van der Waals surface area contributed by atoms with Crippen molar-refractivity contribution in [1.29, 1.82) is 0 Å². The average molecular weight is 481 g/mol. The van der Waals surface area contributed by atoms with Crippen LogP contribution in [0.4, 0.5) is 0 Å². The molecule has 3 saturated heterocycles. The Balaban J connectivity index is 1.97. The number of hydrogen-bond donors (Lipinski definition) is 2. The number of aliphatic hydroxyl groups is 1. The van der Waals surface area contributed by atoms with E-state index in [-0.39, 0.29) is 24.5 Å². The first kappa shape index (κ1) is 26.1. The molecular weight excluding hydrogens is 440 g/mol. The van der Waals surface area contributed by atoms with E-state index in [9.17, 15) is 19.5 Å². The molecule has 8 heteroatoms. The van der Waals surface area contributed by atoms with E-state index >= 15 is 0 Å². The first-order valence-electron chi connectivity index (χ1n) is 12.4. The van der Waals surface area contributed by atoms with Gasteiger partial charge < -0.3 is 20.0 Å². The number of thioether (sulfide) groups is 1. The number of unbranched alkanes of at least 4 members (excludes halogenated alkanes) is 3. The Morgan fingerprint density at radius 2 is 2.00 bits per heavy atom. The van der Waals surface area contributed by atoms with Crippen LogP contribution >= 0.6 is 11.8 Å². The van der Waals surface area contributed by atoms with Crippen LogP contribution < -0.4 is 0 Å². The average Bonchev–Trinajstić information content (AvgIpc) is 3.32. The van der Waals surface area contributed by atoms with Crippen LogP contribution in [0, 0.1) is 11.8 Å². The second-order valence-electron chi connectivity index (χ2n) is 10.2. The molecule has 0 saturated carbocycles. The summed E-state index contributed by atoms with van der Waals surface area (Å²) in [7, 11) is 0. The van der Waals surface area contributed by atoms with Crippen LogP contribution in [0.3, 0.4) is 0 Å². The second kappa shape index (κ2) is 10.4. The van der Waals surface area contributed by atoms with Crippen molar-refractivity contribution < 1.29 is 24.6 Å². The summed E-state index contributed by atoms with van der Waals surface area (Å²) >= 11 is 1.59. The number of likely N-dealkylation sites (tertiary alicyclic amines) is 1. The van der Waals surface area contributed by atoms with E-state index in [1.807, 2.05) is 18.7 Å². The summed E-state index contributed by atoms with van der Waals surface area (Å²) < 4.78 is -1.20. The highest BCUT2D eigenvalue weighted by molar-refractivity contribution is 8.02. The van der Waals surface area contributed by atoms with Gasteiger partial charge in [0.25, 0.3) is 0 Å². The van der Waals surface area contributed by atoms with Crippen molar-refractivity contribution >= 4 is 29.5 Å². The molecule has 3 aliphatic heterocycles. The molecule has 2 bridgehead atoms. The van der Waals surface area contributed by atoms with Crippen molar-refractivity contribution in [3.8, 4) is 0 Å². The van der Waals surface area contributed by atoms with E-state index in [4.69, 9.17) is 5.11 Å². The lowest BCUT2D eigenvalue weighted by Gasteiger charge is -2.39. The SMILES string of the molecule is C=CCN(C(=O)C1N(CCCCCCO)C(=O)[C@@H]2[C@H](C(=O)O)[C@]3(C)CCC12S3)C(C)CCC. The van der Waals surface area contributed by atoms with Crippen LogP contribution in [0.2, 0.25) is 0 Å². The third-order valence-corrected chi connectivity index (χ3v) is 9.92. The Hall–Kier alpha value is -1.54. The summed E-state index contributed by atoms with van der Waals surface area (Å²) in [4.78, 5) is 43.8. The predicted molar refractivity (Wildman–Crippen MR) is 130 cm³/mol. The molecule has 0 aromatic rings. The van der Waals surface area contributed by atoms with Gasteiger partial charge in [0.1, 0.15) is 6.04 Å². The van der Waals surface area contributed by atoms with Crippen LogP contribution in [0.5, 0.6) is 0 Å². The van der Waals surface area contributed by atoms with Crippen LogP contribution in [0.1, 0.15) is 72.1 Å². The van der Waals surface area contributed by atoms with Gasteiger partial charge in [0.15, 0.2) is 0 Å². The number of fused-ring (bicyclic) bond motifs is 1. The quantitative estimate of drug-likeness (QED) is 0.310. The molecule has 2 N–H and O–H groups in total. The van der Waals surface area contributed by atoms with E-state index in [2.05, 4.69) is 13.5 Å². The van der Waals surface area contributed by atoms with Crippen molar-refractivity contribution in [2.45, 2.75) is 93.7 Å². The maximum Gasteiger partial charge on any atom is 0.308 e. The number of rotatable bonds is 13. The van der Waals surface area contributed by atoms with Crippen molar-refractivity contribution in [1.82, 2.24) is 9.80 Å². The minimum atomic E-state index is -0.928. The highest BCUT2D eigenvalue weighted by atomic mass is 32.2. The van der Waals surface area contributed by atoms with Crippen molar-refractivity contribution in [2.75, 3.05) is 19.7 Å². The summed E-state index contributed by atoms with van der Waals surface area (Å²) in [6.07, 6.45) is 8.13. The molecule has 6 atom stereocenters. The van der Waals surface area contributed by atoms with Crippen molar-refractivity contribution in [3.05, 3.63) is 12.7 Å². The first-order valence-corrected chi connectivity index (χ1v) is 13.3. The van der Waals surface area contributed by atoms with Gasteiger partial charge in [-0.2, -0.15) is 0 Å². The Morgan fingerprint density at radius 1 is 1.30 bits per heavy atom. The zero-order chi connectivity index (χ0) is 24.4. The molecule has 2 amide bonds. The van der Waals surface area contributed by atoms with E-state index in [0.29, 0.717) is 25.9 Å². The molecule has 7 nitrogen and oxygen atoms in total. The largest absolute Gasteiger partial charge is 0.481 e. The molecule has 0 radical (unpaired) electrons. The Morgan fingerprint density at radius 3 is 2.61 bits per heavy atom. The number of carboxylic acid groups (broad SMARTS) is 1. The summed E-state index contributed by atoms with van der Waals surface area (Å²) in [5.74, 6) is -2.58. The van der Waals surface area contributed by atoms with Gasteiger partial charge in [0.05, 0.1) is 16.6 Å². The van der Waals surface area contributed by atoms with Gasteiger partial charge in [-0.1, -0.05) is 32.3 Å². The molecule has 0 aromatic carbocycles. The normalized spacial score (nSPS) is 33.3. The van der Waals surface area contributed by atoms with Crippen LogP contribution in [-0.2, 0) is 14.4 Å². The molecule has 0 aromatic heterocycles. The minimum Gasteiger partial charge on any atom is -0.481 e. The molecule has 1 spiro atoms. The molecule has 33 heavy (non-hydrogen) atoms. The molecule has 3 fully saturated rings. The predicted octanol–water partition coefficient (Wildman–Crippen LogP) is 3.31. The second-order valence-corrected chi connectivity index (χ2v) is 12.0. The van der Waals surface area contributed by atoms with Crippen LogP contribution in [0.25, 0.3) is 0 Å². The number of carboxylic acids is 1. The van der Waals surface area contributed by atoms with E-state index in [0.717, 1.165) is 38.5 Å². The highest BCUT2D eigenvalue weighted by Gasteiger charge is 2.77. The molecule has 3 unspecified atom stereocenters. The lowest BCUT2D eigenvalue weighted by atomic mass is 9.66. The van der Waals surface area contributed by atoms with Gasteiger partial charge in [-0.3, -0.25) is 14.4 Å². The van der Waals surface area contributed by atoms with E-state index in [1.165, 1.54) is 0 Å². The van der Waals surface area contributed by atoms with Gasteiger partial charge in [-0.15, -0.1) is 18.3 Å². The summed E-state index contributed by atoms with van der Waals surface area (Å²) in [6, 6.07) is -0.616. The van der Waals surface area contributed by atoms with Crippen molar-refractivity contribution in [3.63, 3.8) is 0 Å². The molecule has 186 valence electrons. The Bertz CT molecular complexity index is 776. The zero-order valence-corrected chi connectivity index (χ0v) is 21.1. The number of hydrogen-bond acceptors (Lipinski definition) is 5. The zero-order valence-electron chi connectivity index (χ0n) is 20.3. The van der Waals surface area contributed by atoms with Gasteiger partial charge in [0, 0.05) is 30.5 Å². The van der Waals surface area contributed by atoms with Crippen molar-refractivity contribution in [2.24, 2.45) is 11.8 Å². The minimum absolute atomic E-state index is 0.0203. The van der Waals surface area contributed by atoms with Gasteiger partial charge in [0.2, 0.25) is 11.8 Å². The van der Waals surface area contributed by atoms with E-state index in [1.54, 1.807) is 22.7 Å². The third kappa shape index (κ3) is 4.45. The summed E-state index contributed by atoms with van der Waals surface area (Å²) in [5.41, 5.74) is 0. The summed E-state index contributed by atoms with van der Waals surface area (Å²) in [5, 5.41) is 19.1. The number of amides is 2. The number of carbonyl (C=O) groups is 3. The number of aliphatic carboxylic acids is 1. The molecular formula is C25H40N2O5S. The fourth-order valence-corrected chi connectivity index (χ4v) is 8.77. The maximum absolute atomic E-state index is 14.1. The maximum atomic E-state index is 14.1. The smallest absolute Gasteiger partial charge is 0.308 e. The number of aliphatic hydroxyl groups excluding tert-OH is 1. The fraction of sp³-hybridized carbons (Fsp3) is 0.800. The van der Waals surface area contributed by atoms with Gasteiger partial charge >= 0.3 is 5.97 Å². The summed E-state index contributed by atoms with van der Waals surface area (Å²) in [6.45, 7) is 10.9. The number of nitrogens with zero attached hydrogens (tertiary/aromatic N) is 2. The lowest BCUT2D eigenvalue weighted by molar-refractivity contribution is -0.150. The van der Waals surface area contributed by atoms with E-state index < -0.39 is 33.3 Å². The van der Waals surface area contributed by atoms with Gasteiger partial charge in [-0.05, 0) is 46.0 Å². The fourth-order valence-electron chi connectivity index (χ4n) is 6.43. The lowest BCUT2D eigenvalue weighted by Crippen LogP contribution is -2.56. The molecule has 3 aliphatic rings. The standard InChI is InChI=1S/C25H40N2O5S/c1-5-11-17(3)26(14-6-2)22(30)20-25-13-12-24(4,33-25)19(23(31)32)18(25)21(29)27(20)15-9-7-8-10-16-28/h6,17-20,28H,2,5,7-16H2,1,3-4H3,(H,31,32)/t17?,18-,19+,20?,24-,25?/m0/s1. The third-order valence-electron chi connectivity index (χ3n) is 7.93. The molecule has 0 aliphatic carbocycles. The van der Waals surface area contributed by atoms with Crippen LogP contribution in [0.15, 0.2) is 12.7 Å². The molecule has 3 rings (SSSR count). The topological polar surface area (TPSA) is 98.2 Å². The van der Waals surface area contributed by atoms with Gasteiger partial charge in [-0.25, -0.2) is 0 Å². The molecule has 3 heterocycles. The monoisotopic (exact) mass is 480 g/mol. The Kier molecular flexibility index (Phi) is 8.20. The highest BCUT2D eigenvalue weighted by Crippen LogP contribution is 2.71. The number of carbonyl (C=O) groups excluding carboxylic acids is 2. The first-order chi connectivity index (χ1) is 15.7.